The third-order valence-electron chi connectivity index (χ3n) is 3.78. The number of rotatable bonds is 3. The average Bonchev–Trinajstić information content (AvgIpc) is 2.66. The molecule has 1 fully saturated rings. The van der Waals surface area contributed by atoms with Crippen molar-refractivity contribution >= 4 is 10.0 Å². The van der Waals surface area contributed by atoms with Crippen molar-refractivity contribution in [2.75, 3.05) is 26.7 Å². The maximum atomic E-state index is 12.8. The number of hydrogen-bond donors (Lipinski definition) is 2. The van der Waals surface area contributed by atoms with Gasteiger partial charge in [-0.3, -0.25) is 5.10 Å². The van der Waals surface area contributed by atoms with E-state index in [1.807, 2.05) is 14.0 Å². The second kappa shape index (κ2) is 5.80. The van der Waals surface area contributed by atoms with Gasteiger partial charge in [-0.2, -0.15) is 9.40 Å². The Morgan fingerprint density at radius 1 is 1.45 bits per heavy atom. The number of likely N-dealkylation sites (N-methyl/N-ethyl adjacent to an activating group) is 1. The van der Waals surface area contributed by atoms with Gasteiger partial charge in [-0.05, 0) is 33.9 Å². The molecule has 0 spiro atoms. The second-order valence-corrected chi connectivity index (χ2v) is 7.22. The van der Waals surface area contributed by atoms with Crippen LogP contribution in [-0.4, -0.2) is 60.5 Å². The van der Waals surface area contributed by atoms with Crippen molar-refractivity contribution in [2.45, 2.75) is 37.9 Å². The lowest BCUT2D eigenvalue weighted by Crippen LogP contribution is -2.42. The maximum Gasteiger partial charge on any atom is 0.263 e. The predicted octanol–water partition coefficient (Wildman–Crippen LogP) is -0.108. The third kappa shape index (κ3) is 2.73. The van der Waals surface area contributed by atoms with Crippen molar-refractivity contribution in [3.8, 4) is 0 Å². The SMILES string of the molecule is Cc1[nH]nc(S(=O)(=O)N2CCCN(C)CC2C)c1CN. The van der Waals surface area contributed by atoms with Crippen molar-refractivity contribution in [1.29, 1.82) is 0 Å². The van der Waals surface area contributed by atoms with Crippen LogP contribution in [0.3, 0.4) is 0 Å². The topological polar surface area (TPSA) is 95.3 Å². The molecule has 0 aliphatic carbocycles. The summed E-state index contributed by atoms with van der Waals surface area (Å²) in [7, 11) is -1.59. The van der Waals surface area contributed by atoms with Gasteiger partial charge >= 0.3 is 0 Å². The molecule has 1 saturated heterocycles. The number of aromatic nitrogens is 2. The van der Waals surface area contributed by atoms with E-state index in [-0.39, 0.29) is 17.6 Å². The van der Waals surface area contributed by atoms with Crippen LogP contribution in [0.15, 0.2) is 5.03 Å². The van der Waals surface area contributed by atoms with Crippen molar-refractivity contribution in [1.82, 2.24) is 19.4 Å². The number of aryl methyl sites for hydroxylation is 1. The van der Waals surface area contributed by atoms with Crippen molar-refractivity contribution in [2.24, 2.45) is 5.73 Å². The zero-order valence-corrected chi connectivity index (χ0v) is 13.1. The standard InChI is InChI=1S/C12H23N5O2S/c1-9-8-16(3)5-4-6-17(9)20(18,19)12-11(7-13)10(2)14-15-12/h9H,4-8,13H2,1-3H3,(H,14,15). The van der Waals surface area contributed by atoms with Crippen LogP contribution in [0.4, 0.5) is 0 Å². The Bertz CT molecular complexity index is 568. The van der Waals surface area contributed by atoms with Crippen LogP contribution in [0.1, 0.15) is 24.6 Å². The highest BCUT2D eigenvalue weighted by molar-refractivity contribution is 7.89. The van der Waals surface area contributed by atoms with Crippen LogP contribution >= 0.6 is 0 Å². The highest BCUT2D eigenvalue weighted by Crippen LogP contribution is 2.23. The van der Waals surface area contributed by atoms with Crippen molar-refractivity contribution in [3.05, 3.63) is 11.3 Å². The summed E-state index contributed by atoms with van der Waals surface area (Å²) < 4.78 is 27.2. The summed E-state index contributed by atoms with van der Waals surface area (Å²) >= 11 is 0. The number of hydrogen-bond acceptors (Lipinski definition) is 5. The molecule has 1 aliphatic heterocycles. The molecule has 1 aliphatic rings. The average molecular weight is 301 g/mol. The molecule has 2 rings (SSSR count). The van der Waals surface area contributed by atoms with E-state index in [1.54, 1.807) is 11.2 Å². The Kier molecular flexibility index (Phi) is 4.48. The van der Waals surface area contributed by atoms with Gasteiger partial charge in [-0.1, -0.05) is 0 Å². The smallest absolute Gasteiger partial charge is 0.263 e. The highest BCUT2D eigenvalue weighted by atomic mass is 32.2. The minimum atomic E-state index is -3.60. The summed E-state index contributed by atoms with van der Waals surface area (Å²) in [5.41, 5.74) is 6.95. The molecule has 1 aromatic rings. The quantitative estimate of drug-likeness (QED) is 0.812. The first-order chi connectivity index (χ1) is 9.37. The molecule has 7 nitrogen and oxygen atoms in total. The first-order valence-corrected chi connectivity index (χ1v) is 8.26. The van der Waals surface area contributed by atoms with Gasteiger partial charge in [0.25, 0.3) is 10.0 Å². The van der Waals surface area contributed by atoms with Crippen molar-refractivity contribution in [3.63, 3.8) is 0 Å². The van der Waals surface area contributed by atoms with Gasteiger partial charge in [0.2, 0.25) is 0 Å². The fourth-order valence-electron chi connectivity index (χ4n) is 2.70. The van der Waals surface area contributed by atoms with Gasteiger partial charge in [0.05, 0.1) is 0 Å². The summed E-state index contributed by atoms with van der Waals surface area (Å²) in [6.45, 7) is 6.03. The Morgan fingerprint density at radius 3 is 2.80 bits per heavy atom. The van der Waals surface area contributed by atoms with E-state index in [2.05, 4.69) is 15.1 Å². The number of H-pyrrole nitrogens is 1. The fraction of sp³-hybridized carbons (Fsp3) is 0.750. The predicted molar refractivity (Wildman–Crippen MR) is 76.7 cm³/mol. The maximum absolute atomic E-state index is 12.8. The Morgan fingerprint density at radius 2 is 2.15 bits per heavy atom. The number of nitrogens with one attached hydrogen (secondary N) is 1. The first-order valence-electron chi connectivity index (χ1n) is 6.82. The van der Waals surface area contributed by atoms with Gasteiger partial charge in [0, 0.05) is 36.9 Å². The number of nitrogens with zero attached hydrogens (tertiary/aromatic N) is 3. The van der Waals surface area contributed by atoms with E-state index >= 15 is 0 Å². The molecule has 0 bridgehead atoms. The normalized spacial score (nSPS) is 22.9. The van der Waals surface area contributed by atoms with Gasteiger partial charge in [0.15, 0.2) is 5.03 Å². The lowest BCUT2D eigenvalue weighted by molar-refractivity contribution is 0.290. The van der Waals surface area contributed by atoms with Crippen molar-refractivity contribution < 1.29 is 8.42 Å². The third-order valence-corrected chi connectivity index (χ3v) is 5.77. The molecule has 2 heterocycles. The molecule has 0 radical (unpaired) electrons. The minimum absolute atomic E-state index is 0.0740. The molecule has 114 valence electrons. The molecule has 8 heteroatoms. The van der Waals surface area contributed by atoms with Crippen LogP contribution in [0, 0.1) is 6.92 Å². The monoisotopic (exact) mass is 301 g/mol. The zero-order valence-electron chi connectivity index (χ0n) is 12.3. The Labute approximate surface area is 120 Å². The number of nitrogens with two attached hydrogens (primary N) is 1. The highest BCUT2D eigenvalue weighted by Gasteiger charge is 2.34. The van der Waals surface area contributed by atoms with E-state index in [0.29, 0.717) is 17.8 Å². The van der Waals surface area contributed by atoms with Gasteiger partial charge in [-0.15, -0.1) is 0 Å². The molecule has 1 unspecified atom stereocenters. The lowest BCUT2D eigenvalue weighted by Gasteiger charge is -2.26. The largest absolute Gasteiger partial charge is 0.326 e. The minimum Gasteiger partial charge on any atom is -0.326 e. The molecule has 1 aromatic heterocycles. The lowest BCUT2D eigenvalue weighted by atomic mass is 10.3. The second-order valence-electron chi connectivity index (χ2n) is 5.42. The molecule has 1 atom stereocenters. The van der Waals surface area contributed by atoms with Crippen LogP contribution in [0.2, 0.25) is 0 Å². The molecule has 0 saturated carbocycles. The van der Waals surface area contributed by atoms with E-state index < -0.39 is 10.0 Å². The van der Waals surface area contributed by atoms with E-state index in [1.165, 1.54) is 0 Å². The molecule has 20 heavy (non-hydrogen) atoms. The molecule has 0 aromatic carbocycles. The van der Waals surface area contributed by atoms with Gasteiger partial charge in [0.1, 0.15) is 0 Å². The van der Waals surface area contributed by atoms with E-state index in [9.17, 15) is 8.42 Å². The number of aromatic amines is 1. The summed E-state index contributed by atoms with van der Waals surface area (Å²) in [6.07, 6.45) is 0.821. The fourth-order valence-corrected chi connectivity index (χ4v) is 4.54. The zero-order chi connectivity index (χ0) is 14.9. The van der Waals surface area contributed by atoms with Crippen LogP contribution in [-0.2, 0) is 16.6 Å². The summed E-state index contributed by atoms with van der Waals surface area (Å²) in [5.74, 6) is 0. The van der Waals surface area contributed by atoms with Crippen LogP contribution < -0.4 is 5.73 Å². The summed E-state index contributed by atoms with van der Waals surface area (Å²) in [5, 5.41) is 6.77. The van der Waals surface area contributed by atoms with E-state index in [0.717, 1.165) is 19.5 Å². The molecular formula is C12H23N5O2S. The summed E-state index contributed by atoms with van der Waals surface area (Å²) in [4.78, 5) is 2.15. The number of sulfonamides is 1. The molecule has 3 N–H and O–H groups in total. The van der Waals surface area contributed by atoms with Gasteiger partial charge < -0.3 is 10.6 Å². The Balaban J connectivity index is 2.38. The van der Waals surface area contributed by atoms with Gasteiger partial charge in [-0.25, -0.2) is 8.42 Å². The molecular weight excluding hydrogens is 278 g/mol. The van der Waals surface area contributed by atoms with E-state index in [4.69, 9.17) is 5.73 Å². The molecule has 0 amide bonds. The van der Waals surface area contributed by atoms with Crippen LogP contribution in [0.25, 0.3) is 0 Å². The van der Waals surface area contributed by atoms with Crippen LogP contribution in [0.5, 0.6) is 0 Å². The summed E-state index contributed by atoms with van der Waals surface area (Å²) in [6, 6.07) is -0.0740. The first kappa shape index (κ1) is 15.4. The Hall–Kier alpha value is -0.960.